The summed E-state index contributed by atoms with van der Waals surface area (Å²) in [4.78, 5) is 13.0. The Morgan fingerprint density at radius 3 is 1.38 bits per heavy atom. The average Bonchev–Trinajstić information content (AvgIpc) is 3.39. The lowest BCUT2D eigenvalue weighted by atomic mass is 9.98. The Kier molecular flexibility index (Phi) is 42.7. The van der Waals surface area contributed by atoms with Crippen LogP contribution in [0, 0.1) is 0 Å². The van der Waals surface area contributed by atoms with Crippen LogP contribution in [0.25, 0.3) is 0 Å². The molecule has 0 radical (unpaired) electrons. The largest absolute Gasteiger partial charge is 0.457 e. The van der Waals surface area contributed by atoms with Crippen molar-refractivity contribution in [2.24, 2.45) is 0 Å². The number of hydrogen-bond donors (Lipinski definition) is 7. The summed E-state index contributed by atoms with van der Waals surface area (Å²) in [7, 11) is 0. The van der Waals surface area contributed by atoms with Crippen molar-refractivity contribution >= 4 is 5.97 Å². The highest BCUT2D eigenvalue weighted by atomic mass is 16.7. The minimum absolute atomic E-state index is 0.0576. The molecule has 0 saturated carbocycles. The van der Waals surface area contributed by atoms with Crippen molar-refractivity contribution < 1.29 is 69.0 Å². The average molecular weight is 1040 g/mol. The van der Waals surface area contributed by atoms with E-state index in [-0.39, 0.29) is 25.6 Å². The first-order chi connectivity index (χ1) is 35.6. The van der Waals surface area contributed by atoms with E-state index >= 15 is 0 Å². The van der Waals surface area contributed by atoms with Crippen LogP contribution in [0.2, 0.25) is 0 Å². The summed E-state index contributed by atoms with van der Waals surface area (Å²) in [5.41, 5.74) is 0. The number of carbonyl (C=O) groups excluding carboxylic acids is 1. The molecular formula is C59H108O14. The second-order valence-corrected chi connectivity index (χ2v) is 20.8. The summed E-state index contributed by atoms with van der Waals surface area (Å²) in [6.07, 6.45) is 37.9. The third-order valence-corrected chi connectivity index (χ3v) is 14.1. The lowest BCUT2D eigenvalue weighted by molar-refractivity contribution is -0.332. The lowest BCUT2D eigenvalue weighted by Gasteiger charge is -2.42. The molecule has 14 heteroatoms. The summed E-state index contributed by atoms with van der Waals surface area (Å²) in [6, 6.07) is 0. The van der Waals surface area contributed by atoms with Gasteiger partial charge in [0.05, 0.1) is 26.4 Å². The molecule has 0 aromatic heterocycles. The molecule has 0 aromatic rings. The fourth-order valence-electron chi connectivity index (χ4n) is 9.32. The van der Waals surface area contributed by atoms with Gasteiger partial charge in [0.25, 0.3) is 0 Å². The van der Waals surface area contributed by atoms with Crippen LogP contribution in [-0.2, 0) is 33.2 Å². The summed E-state index contributed by atoms with van der Waals surface area (Å²) >= 11 is 0. The van der Waals surface area contributed by atoms with Gasteiger partial charge < -0.3 is 64.2 Å². The summed E-state index contributed by atoms with van der Waals surface area (Å²) in [6.45, 7) is 3.63. The standard InChI is InChI=1S/C59H108O14/c1-3-5-7-9-11-13-15-17-18-19-20-21-22-23-24-25-26-27-28-29-31-33-35-37-39-41-43-68-45-48(71-51(61)42-40-38-36-34-32-30-16-14-12-10-8-6-4-2)46-69-58-57(67)55(65)53(63)50(73-58)47-70-59-56(66)54(64)52(62)49(44-60)72-59/h8,10,14,16,19-20,48-50,52-60,62-67H,3-7,9,11-13,15,17-18,21-47H2,1-2H3/b10-8-,16-14-,20-19-. The zero-order valence-corrected chi connectivity index (χ0v) is 45.9. The molecule has 2 rings (SSSR count). The van der Waals surface area contributed by atoms with Crippen LogP contribution < -0.4 is 0 Å². The number of carbonyl (C=O) groups is 1. The third-order valence-electron chi connectivity index (χ3n) is 14.1. The highest BCUT2D eigenvalue weighted by Crippen LogP contribution is 2.27. The van der Waals surface area contributed by atoms with Crippen LogP contribution in [0.15, 0.2) is 36.5 Å². The molecule has 2 fully saturated rings. The zero-order valence-electron chi connectivity index (χ0n) is 45.9. The molecule has 0 bridgehead atoms. The molecule has 2 heterocycles. The minimum atomic E-state index is -1.71. The Bertz CT molecular complexity index is 1350. The molecule has 7 N–H and O–H groups in total. The van der Waals surface area contributed by atoms with Gasteiger partial charge in [0.1, 0.15) is 54.9 Å². The molecule has 428 valence electrons. The maximum absolute atomic E-state index is 13.0. The van der Waals surface area contributed by atoms with E-state index in [2.05, 4.69) is 50.3 Å². The Morgan fingerprint density at radius 2 is 0.877 bits per heavy atom. The highest BCUT2D eigenvalue weighted by Gasteiger charge is 2.47. The zero-order chi connectivity index (χ0) is 53.0. The number of aliphatic hydroxyl groups is 7. The maximum Gasteiger partial charge on any atom is 0.306 e. The van der Waals surface area contributed by atoms with Gasteiger partial charge in [-0.25, -0.2) is 0 Å². The van der Waals surface area contributed by atoms with E-state index in [1.807, 2.05) is 0 Å². The Balaban J connectivity index is 1.66. The monoisotopic (exact) mass is 1040 g/mol. The Labute approximate surface area is 442 Å². The van der Waals surface area contributed by atoms with E-state index in [0.29, 0.717) is 13.0 Å². The fraction of sp³-hybridized carbons (Fsp3) is 0.881. The molecule has 2 aliphatic rings. The number of rotatable bonds is 48. The van der Waals surface area contributed by atoms with E-state index in [1.54, 1.807) is 0 Å². The van der Waals surface area contributed by atoms with Crippen LogP contribution in [0.4, 0.5) is 0 Å². The third kappa shape index (κ3) is 33.2. The van der Waals surface area contributed by atoms with Gasteiger partial charge in [-0.05, 0) is 64.2 Å². The van der Waals surface area contributed by atoms with Crippen molar-refractivity contribution in [1.82, 2.24) is 0 Å². The molecule has 0 spiro atoms. The van der Waals surface area contributed by atoms with Crippen LogP contribution >= 0.6 is 0 Å². The second-order valence-electron chi connectivity index (χ2n) is 20.8. The fourth-order valence-corrected chi connectivity index (χ4v) is 9.32. The molecule has 73 heavy (non-hydrogen) atoms. The van der Waals surface area contributed by atoms with Gasteiger partial charge in [0.15, 0.2) is 12.6 Å². The van der Waals surface area contributed by atoms with Crippen molar-refractivity contribution in [2.45, 2.75) is 300 Å². The van der Waals surface area contributed by atoms with E-state index in [1.165, 1.54) is 141 Å². The predicted octanol–water partition coefficient (Wildman–Crippen LogP) is 10.5. The van der Waals surface area contributed by atoms with Crippen molar-refractivity contribution in [3.63, 3.8) is 0 Å². The molecule has 11 atom stereocenters. The van der Waals surface area contributed by atoms with E-state index in [9.17, 15) is 40.5 Å². The number of unbranched alkanes of at least 4 members (excludes halogenated alkanes) is 28. The van der Waals surface area contributed by atoms with Gasteiger partial charge in [-0.15, -0.1) is 0 Å². The molecular weight excluding hydrogens is 933 g/mol. The lowest BCUT2D eigenvalue weighted by Crippen LogP contribution is -2.61. The quantitative estimate of drug-likeness (QED) is 0.0172. The predicted molar refractivity (Wildman–Crippen MR) is 289 cm³/mol. The number of hydrogen-bond acceptors (Lipinski definition) is 14. The maximum atomic E-state index is 13.0. The first kappa shape index (κ1) is 67.3. The Hall–Kier alpha value is -1.79. The van der Waals surface area contributed by atoms with Gasteiger partial charge in [0, 0.05) is 13.0 Å². The number of aliphatic hydroxyl groups excluding tert-OH is 7. The minimum Gasteiger partial charge on any atom is -0.457 e. The van der Waals surface area contributed by atoms with Gasteiger partial charge in [-0.1, -0.05) is 198 Å². The molecule has 0 aromatic carbocycles. The first-order valence-corrected chi connectivity index (χ1v) is 29.6. The van der Waals surface area contributed by atoms with Crippen molar-refractivity contribution in [3.8, 4) is 0 Å². The van der Waals surface area contributed by atoms with Gasteiger partial charge in [-0.3, -0.25) is 4.79 Å². The van der Waals surface area contributed by atoms with Crippen LogP contribution in [0.5, 0.6) is 0 Å². The number of ether oxygens (including phenoxy) is 6. The molecule has 2 saturated heterocycles. The number of allylic oxidation sites excluding steroid dienone is 6. The normalized spacial score (nSPS) is 25.2. The Morgan fingerprint density at radius 1 is 0.452 bits per heavy atom. The van der Waals surface area contributed by atoms with Crippen LogP contribution in [0.1, 0.15) is 232 Å². The van der Waals surface area contributed by atoms with Crippen molar-refractivity contribution in [3.05, 3.63) is 36.5 Å². The molecule has 14 nitrogen and oxygen atoms in total. The van der Waals surface area contributed by atoms with Crippen molar-refractivity contribution in [2.75, 3.05) is 33.0 Å². The van der Waals surface area contributed by atoms with Gasteiger partial charge >= 0.3 is 5.97 Å². The van der Waals surface area contributed by atoms with E-state index in [4.69, 9.17) is 28.4 Å². The molecule has 11 unspecified atom stereocenters. The molecule has 0 amide bonds. The molecule has 0 aliphatic carbocycles. The summed E-state index contributed by atoms with van der Waals surface area (Å²) < 4.78 is 34.4. The topological polar surface area (TPSA) is 214 Å². The van der Waals surface area contributed by atoms with E-state index in [0.717, 1.165) is 64.2 Å². The van der Waals surface area contributed by atoms with Gasteiger partial charge in [0.2, 0.25) is 0 Å². The molecule has 2 aliphatic heterocycles. The summed E-state index contributed by atoms with van der Waals surface area (Å²) in [5, 5.41) is 72.3. The summed E-state index contributed by atoms with van der Waals surface area (Å²) in [5.74, 6) is -0.388. The van der Waals surface area contributed by atoms with E-state index < -0.39 is 80.7 Å². The first-order valence-electron chi connectivity index (χ1n) is 29.6. The highest BCUT2D eigenvalue weighted by molar-refractivity contribution is 5.69. The second kappa shape index (κ2) is 46.3. The smallest absolute Gasteiger partial charge is 0.306 e. The SMILES string of the molecule is CCC/C=C\C/C=C\CCCCCCCC(=O)OC(COCCCCCCCCCCCCCCCC/C=C\CCCCCCCCCC)COC1OC(COC2OC(CO)C(O)C(O)C2O)C(O)C(O)C1O. The van der Waals surface area contributed by atoms with Crippen LogP contribution in [0.3, 0.4) is 0 Å². The number of esters is 1. The van der Waals surface area contributed by atoms with Crippen molar-refractivity contribution in [1.29, 1.82) is 0 Å². The van der Waals surface area contributed by atoms with Gasteiger partial charge in [-0.2, -0.15) is 0 Å². The van der Waals surface area contributed by atoms with Crippen LogP contribution in [-0.4, -0.2) is 142 Å².